The molecule has 0 unspecified atom stereocenters. The molecule has 54 heavy (non-hydrogen) atoms. The van der Waals surface area contributed by atoms with Crippen LogP contribution in [0.4, 0.5) is 5.69 Å². The Morgan fingerprint density at radius 3 is 2.17 bits per heavy atom. The average molecular weight is 755 g/mol. The fourth-order valence-electron chi connectivity index (χ4n) is 6.98. The van der Waals surface area contributed by atoms with E-state index in [4.69, 9.17) is 0 Å². The van der Waals surface area contributed by atoms with Crippen LogP contribution in [0.2, 0.25) is 0 Å². The molecule has 0 saturated carbocycles. The number of carbonyl (C=O) groups is 4. The van der Waals surface area contributed by atoms with Crippen molar-refractivity contribution in [1.82, 2.24) is 24.5 Å². The summed E-state index contributed by atoms with van der Waals surface area (Å²) in [6, 6.07) is 19.7. The molecule has 0 saturated heterocycles. The monoisotopic (exact) mass is 754 g/mol. The molecule has 2 aliphatic rings. The number of anilines is 1. The van der Waals surface area contributed by atoms with Gasteiger partial charge in [-0.25, -0.2) is 13.1 Å². The summed E-state index contributed by atoms with van der Waals surface area (Å²) in [5, 5.41) is 15.1. The normalized spacial score (nSPS) is 15.3. The van der Waals surface area contributed by atoms with Crippen molar-refractivity contribution in [2.45, 2.75) is 65.5 Å². The fourth-order valence-corrected chi connectivity index (χ4v) is 7.99. The van der Waals surface area contributed by atoms with Gasteiger partial charge < -0.3 is 14.9 Å². The number of aryl methyl sites for hydroxylation is 1. The SMILES string of the molecule is CCCCN(CCCC)C(=O)c1cc(C)n(-c2ccc(NS(=O)(=O)CCN3C(=O)c4ccccc4C3=O)cc2C(=O)N2Cc3ccccc3C[C@H]2CO)n1. The molecule has 4 amide bonds. The number of nitrogens with one attached hydrogen (secondary N) is 1. The minimum Gasteiger partial charge on any atom is -0.394 e. The highest BCUT2D eigenvalue weighted by atomic mass is 32.2. The number of aliphatic hydroxyl groups is 1. The summed E-state index contributed by atoms with van der Waals surface area (Å²) in [6.45, 7) is 6.70. The van der Waals surface area contributed by atoms with Crippen LogP contribution in [0, 0.1) is 6.92 Å². The van der Waals surface area contributed by atoms with Crippen LogP contribution < -0.4 is 4.72 Å². The number of aliphatic hydroxyl groups excluding tert-OH is 1. The van der Waals surface area contributed by atoms with Gasteiger partial charge in [-0.1, -0.05) is 63.1 Å². The van der Waals surface area contributed by atoms with Gasteiger partial charge in [-0.2, -0.15) is 5.10 Å². The number of hydrogen-bond donors (Lipinski definition) is 2. The highest BCUT2D eigenvalue weighted by Gasteiger charge is 2.36. The molecule has 3 aromatic carbocycles. The summed E-state index contributed by atoms with van der Waals surface area (Å²) < 4.78 is 30.9. The molecule has 14 heteroatoms. The Kier molecular flexibility index (Phi) is 11.6. The van der Waals surface area contributed by atoms with E-state index in [1.807, 2.05) is 29.2 Å². The molecule has 6 rings (SSSR count). The van der Waals surface area contributed by atoms with Crippen molar-refractivity contribution in [3.05, 3.63) is 112 Å². The summed E-state index contributed by atoms with van der Waals surface area (Å²) in [7, 11) is -4.13. The molecule has 0 spiro atoms. The number of fused-ring (bicyclic) bond motifs is 2. The number of rotatable bonds is 15. The van der Waals surface area contributed by atoms with E-state index in [9.17, 15) is 32.7 Å². The van der Waals surface area contributed by atoms with E-state index >= 15 is 0 Å². The van der Waals surface area contributed by atoms with Crippen molar-refractivity contribution in [3.8, 4) is 5.69 Å². The molecular formula is C40H46N6O7S. The lowest BCUT2D eigenvalue weighted by Gasteiger charge is -2.36. The predicted molar refractivity (Wildman–Crippen MR) is 204 cm³/mol. The van der Waals surface area contributed by atoms with E-state index in [1.165, 1.54) is 28.9 Å². The maximum Gasteiger partial charge on any atom is 0.274 e. The number of sulfonamides is 1. The Balaban J connectivity index is 1.32. The minimum absolute atomic E-state index is 0.0776. The fraction of sp³-hybridized carbons (Fsp3) is 0.375. The Bertz CT molecular complexity index is 2140. The number of nitrogens with zero attached hydrogens (tertiary/aromatic N) is 5. The Hall–Kier alpha value is -5.34. The molecule has 1 aromatic heterocycles. The van der Waals surface area contributed by atoms with E-state index in [2.05, 4.69) is 23.7 Å². The summed E-state index contributed by atoms with van der Waals surface area (Å²) in [6.07, 6.45) is 4.01. The lowest BCUT2D eigenvalue weighted by molar-refractivity contribution is 0.0543. The van der Waals surface area contributed by atoms with E-state index in [0.717, 1.165) is 41.7 Å². The third-order valence-electron chi connectivity index (χ3n) is 9.97. The summed E-state index contributed by atoms with van der Waals surface area (Å²) in [5.41, 5.74) is 3.75. The van der Waals surface area contributed by atoms with Gasteiger partial charge in [-0.3, -0.25) is 28.8 Å². The van der Waals surface area contributed by atoms with Crippen LogP contribution in [-0.2, 0) is 23.0 Å². The maximum absolute atomic E-state index is 14.6. The number of amides is 4. The lowest BCUT2D eigenvalue weighted by Crippen LogP contribution is -2.46. The smallest absolute Gasteiger partial charge is 0.274 e. The van der Waals surface area contributed by atoms with Crippen LogP contribution >= 0.6 is 0 Å². The van der Waals surface area contributed by atoms with Crippen LogP contribution in [0.15, 0.2) is 72.8 Å². The van der Waals surface area contributed by atoms with Crippen LogP contribution in [0.3, 0.4) is 0 Å². The number of carbonyl (C=O) groups excluding carboxylic acids is 4. The van der Waals surface area contributed by atoms with Crippen molar-refractivity contribution in [2.24, 2.45) is 0 Å². The first kappa shape index (κ1) is 38.4. The third-order valence-corrected chi connectivity index (χ3v) is 11.2. The van der Waals surface area contributed by atoms with Crippen molar-refractivity contribution >= 4 is 39.3 Å². The average Bonchev–Trinajstić information content (AvgIpc) is 3.68. The first-order valence-electron chi connectivity index (χ1n) is 18.4. The van der Waals surface area contributed by atoms with Gasteiger partial charge in [0.15, 0.2) is 5.69 Å². The second-order valence-electron chi connectivity index (χ2n) is 13.8. The van der Waals surface area contributed by atoms with Gasteiger partial charge in [0.05, 0.1) is 40.8 Å². The minimum atomic E-state index is -4.13. The van der Waals surface area contributed by atoms with E-state index < -0.39 is 39.5 Å². The van der Waals surface area contributed by atoms with E-state index in [-0.39, 0.29) is 53.7 Å². The summed E-state index contributed by atoms with van der Waals surface area (Å²) in [4.78, 5) is 58.3. The van der Waals surface area contributed by atoms with Gasteiger partial charge in [-0.15, -0.1) is 0 Å². The standard InChI is InChI=1S/C40H46N6O7S/c1-4-6-18-43(19-7-5-2)40(51)35-22-27(3)46(41-35)36-17-16-30(24-34(36)39(50)45-25-29-13-9-8-12-28(29)23-31(45)26-47)42-54(52,53)21-20-44-37(48)32-14-10-11-15-33(32)38(44)49/h8-17,22,24,31,42,47H,4-7,18-21,23,25-26H2,1-3H3/t31-/m0/s1. The van der Waals surface area contributed by atoms with Crippen molar-refractivity contribution in [3.63, 3.8) is 0 Å². The predicted octanol–water partition coefficient (Wildman–Crippen LogP) is 4.82. The zero-order chi connectivity index (χ0) is 38.6. The highest BCUT2D eigenvalue weighted by molar-refractivity contribution is 7.92. The molecule has 284 valence electrons. The highest BCUT2D eigenvalue weighted by Crippen LogP contribution is 2.30. The maximum atomic E-state index is 14.6. The molecule has 1 atom stereocenters. The van der Waals surface area contributed by atoms with Gasteiger partial charge in [-0.05, 0) is 73.7 Å². The molecular weight excluding hydrogens is 709 g/mol. The first-order chi connectivity index (χ1) is 26.0. The van der Waals surface area contributed by atoms with E-state index in [1.54, 1.807) is 36.1 Å². The second-order valence-corrected chi connectivity index (χ2v) is 15.6. The van der Waals surface area contributed by atoms with Gasteiger partial charge in [0.2, 0.25) is 10.0 Å². The van der Waals surface area contributed by atoms with Crippen molar-refractivity contribution < 1.29 is 32.7 Å². The molecule has 2 aliphatic heterocycles. The lowest BCUT2D eigenvalue weighted by atomic mass is 9.93. The molecule has 3 heterocycles. The topological polar surface area (TPSA) is 162 Å². The zero-order valence-electron chi connectivity index (χ0n) is 30.8. The van der Waals surface area contributed by atoms with Crippen LogP contribution in [0.1, 0.15) is 97.9 Å². The molecule has 0 bridgehead atoms. The summed E-state index contributed by atoms with van der Waals surface area (Å²) >= 11 is 0. The van der Waals surface area contributed by atoms with Crippen LogP contribution in [-0.4, -0.2) is 99.7 Å². The second kappa shape index (κ2) is 16.4. The van der Waals surface area contributed by atoms with Crippen molar-refractivity contribution in [1.29, 1.82) is 0 Å². The third kappa shape index (κ3) is 7.94. The molecule has 2 N–H and O–H groups in total. The number of benzene rings is 3. The van der Waals surface area contributed by atoms with Gasteiger partial charge >= 0.3 is 0 Å². The molecule has 0 aliphatic carbocycles. The Morgan fingerprint density at radius 2 is 1.54 bits per heavy atom. The molecule has 0 radical (unpaired) electrons. The largest absolute Gasteiger partial charge is 0.394 e. The van der Waals surface area contributed by atoms with E-state index in [0.29, 0.717) is 30.9 Å². The number of imide groups is 1. The van der Waals surface area contributed by atoms with Gasteiger partial charge in [0, 0.05) is 37.6 Å². The number of hydrogen-bond acceptors (Lipinski definition) is 8. The van der Waals surface area contributed by atoms with Gasteiger partial charge in [0.25, 0.3) is 23.6 Å². The first-order valence-corrected chi connectivity index (χ1v) is 20.1. The summed E-state index contributed by atoms with van der Waals surface area (Å²) in [5.74, 6) is -2.36. The molecule has 0 fully saturated rings. The molecule has 13 nitrogen and oxygen atoms in total. The quantitative estimate of drug-likeness (QED) is 0.163. The zero-order valence-corrected chi connectivity index (χ0v) is 31.6. The van der Waals surface area contributed by atoms with Crippen LogP contribution in [0.5, 0.6) is 0 Å². The Labute approximate surface area is 315 Å². The van der Waals surface area contributed by atoms with Crippen LogP contribution in [0.25, 0.3) is 5.69 Å². The van der Waals surface area contributed by atoms with Gasteiger partial charge in [0.1, 0.15) is 0 Å². The number of unbranched alkanes of at least 4 members (excludes halogenated alkanes) is 2. The Morgan fingerprint density at radius 1 is 0.907 bits per heavy atom. The molecule has 4 aromatic rings. The van der Waals surface area contributed by atoms with Crippen molar-refractivity contribution in [2.75, 3.05) is 36.7 Å². The number of aromatic nitrogens is 2.